The summed E-state index contributed by atoms with van der Waals surface area (Å²) in [4.78, 5) is 10.5. The van der Waals surface area contributed by atoms with Gasteiger partial charge in [0, 0.05) is 27.7 Å². The van der Waals surface area contributed by atoms with Gasteiger partial charge in [-0.3, -0.25) is 10.1 Å². The van der Waals surface area contributed by atoms with E-state index in [1.54, 1.807) is 18.2 Å². The van der Waals surface area contributed by atoms with Crippen molar-refractivity contribution in [3.8, 4) is 0 Å². The minimum absolute atomic E-state index is 0.0393. The molecule has 0 saturated carbocycles. The lowest BCUT2D eigenvalue weighted by Gasteiger charge is -2.08. The van der Waals surface area contributed by atoms with Gasteiger partial charge in [0.05, 0.1) is 4.92 Å². The molecule has 0 spiro atoms. The summed E-state index contributed by atoms with van der Waals surface area (Å²) < 4.78 is 0. The zero-order valence-corrected chi connectivity index (χ0v) is 12.3. The van der Waals surface area contributed by atoms with Gasteiger partial charge in [-0.1, -0.05) is 34.8 Å². The molecular weight excluding hydrogens is 323 g/mol. The molecule has 4 nitrogen and oxygen atoms in total. The minimum Gasteiger partial charge on any atom is -0.375 e. The first kappa shape index (κ1) is 14.9. The first-order valence-electron chi connectivity index (χ1n) is 5.58. The van der Waals surface area contributed by atoms with Gasteiger partial charge in [0.25, 0.3) is 5.69 Å². The van der Waals surface area contributed by atoms with Crippen molar-refractivity contribution in [3.05, 3.63) is 67.1 Å². The van der Waals surface area contributed by atoms with Crippen molar-refractivity contribution in [2.24, 2.45) is 0 Å². The fourth-order valence-electron chi connectivity index (χ4n) is 1.72. The number of anilines is 1. The van der Waals surface area contributed by atoms with Gasteiger partial charge in [0.15, 0.2) is 0 Å². The lowest BCUT2D eigenvalue weighted by atomic mass is 10.2. The summed E-state index contributed by atoms with van der Waals surface area (Å²) in [5, 5.41) is 15.3. The normalized spacial score (nSPS) is 10.3. The van der Waals surface area contributed by atoms with E-state index in [4.69, 9.17) is 34.8 Å². The third kappa shape index (κ3) is 3.76. The predicted octanol–water partition coefficient (Wildman–Crippen LogP) is 5.17. The average molecular weight is 332 g/mol. The van der Waals surface area contributed by atoms with Crippen molar-refractivity contribution in [1.29, 1.82) is 0 Å². The molecule has 0 fully saturated rings. The van der Waals surface area contributed by atoms with Crippen LogP contribution >= 0.6 is 34.8 Å². The SMILES string of the molecule is O=[N+]([O-])c1ccc(Cl)cc1NCc1cc(Cl)cc(Cl)c1. The molecule has 0 aliphatic carbocycles. The summed E-state index contributed by atoms with van der Waals surface area (Å²) in [5.74, 6) is 0. The Hall–Kier alpha value is -1.49. The topological polar surface area (TPSA) is 55.2 Å². The Kier molecular flexibility index (Phi) is 4.70. The van der Waals surface area contributed by atoms with E-state index in [0.717, 1.165) is 5.56 Å². The van der Waals surface area contributed by atoms with Gasteiger partial charge in [-0.15, -0.1) is 0 Å². The molecule has 0 saturated heterocycles. The number of nitrogens with one attached hydrogen (secondary N) is 1. The molecule has 0 unspecified atom stereocenters. The molecule has 0 heterocycles. The van der Waals surface area contributed by atoms with E-state index in [1.165, 1.54) is 18.2 Å². The van der Waals surface area contributed by atoms with Crippen LogP contribution in [0.1, 0.15) is 5.56 Å². The molecule has 2 aromatic carbocycles. The van der Waals surface area contributed by atoms with Gasteiger partial charge in [-0.25, -0.2) is 0 Å². The summed E-state index contributed by atoms with van der Waals surface area (Å²) in [5.41, 5.74) is 1.12. The number of nitro benzene ring substituents is 1. The zero-order valence-electron chi connectivity index (χ0n) is 10.1. The van der Waals surface area contributed by atoms with Crippen molar-refractivity contribution in [1.82, 2.24) is 0 Å². The molecule has 0 amide bonds. The van der Waals surface area contributed by atoms with Crippen LogP contribution < -0.4 is 5.32 Å². The van der Waals surface area contributed by atoms with Crippen LogP contribution in [0.3, 0.4) is 0 Å². The number of hydrogen-bond acceptors (Lipinski definition) is 3. The molecular formula is C13H9Cl3N2O2. The van der Waals surface area contributed by atoms with E-state index < -0.39 is 4.92 Å². The second-order valence-corrected chi connectivity index (χ2v) is 5.36. The first-order valence-corrected chi connectivity index (χ1v) is 6.72. The van der Waals surface area contributed by atoms with E-state index in [9.17, 15) is 10.1 Å². The highest BCUT2D eigenvalue weighted by atomic mass is 35.5. The van der Waals surface area contributed by atoms with Gasteiger partial charge < -0.3 is 5.32 Å². The van der Waals surface area contributed by atoms with Crippen molar-refractivity contribution >= 4 is 46.2 Å². The van der Waals surface area contributed by atoms with Crippen LogP contribution in [0.2, 0.25) is 15.1 Å². The smallest absolute Gasteiger partial charge is 0.292 e. The summed E-state index contributed by atoms with van der Waals surface area (Å²) in [6.07, 6.45) is 0. The van der Waals surface area contributed by atoms with Gasteiger partial charge in [0.1, 0.15) is 5.69 Å². The molecule has 0 radical (unpaired) electrons. The fourth-order valence-corrected chi connectivity index (χ4v) is 2.46. The zero-order chi connectivity index (χ0) is 14.7. The van der Waals surface area contributed by atoms with Crippen molar-refractivity contribution in [3.63, 3.8) is 0 Å². The summed E-state index contributed by atoms with van der Waals surface area (Å²) in [6, 6.07) is 9.42. The second kappa shape index (κ2) is 6.31. The average Bonchev–Trinajstić information content (AvgIpc) is 2.35. The molecule has 2 aromatic rings. The number of benzene rings is 2. The minimum atomic E-state index is -0.469. The fraction of sp³-hybridized carbons (Fsp3) is 0.0769. The quantitative estimate of drug-likeness (QED) is 0.621. The molecule has 0 aromatic heterocycles. The maximum absolute atomic E-state index is 10.9. The third-order valence-corrected chi connectivity index (χ3v) is 3.23. The van der Waals surface area contributed by atoms with E-state index >= 15 is 0 Å². The molecule has 104 valence electrons. The Morgan fingerprint density at radius 3 is 2.25 bits per heavy atom. The van der Waals surface area contributed by atoms with Gasteiger partial charge >= 0.3 is 0 Å². The highest BCUT2D eigenvalue weighted by Gasteiger charge is 2.13. The van der Waals surface area contributed by atoms with Crippen LogP contribution in [0.4, 0.5) is 11.4 Å². The van der Waals surface area contributed by atoms with Crippen LogP contribution in [0.25, 0.3) is 0 Å². The maximum Gasteiger partial charge on any atom is 0.292 e. The van der Waals surface area contributed by atoms with Gasteiger partial charge in [0.2, 0.25) is 0 Å². The molecule has 2 rings (SSSR count). The third-order valence-electron chi connectivity index (χ3n) is 2.56. The summed E-state index contributed by atoms with van der Waals surface area (Å²) in [6.45, 7) is 0.349. The van der Waals surface area contributed by atoms with E-state index in [1.807, 2.05) is 0 Å². The van der Waals surface area contributed by atoms with Crippen LogP contribution in [0.5, 0.6) is 0 Å². The molecule has 20 heavy (non-hydrogen) atoms. The lowest BCUT2D eigenvalue weighted by Crippen LogP contribution is -2.02. The molecule has 0 bridgehead atoms. The molecule has 0 aliphatic heterocycles. The highest BCUT2D eigenvalue weighted by molar-refractivity contribution is 6.34. The predicted molar refractivity (Wildman–Crippen MR) is 81.9 cm³/mol. The Balaban J connectivity index is 2.22. The number of halogens is 3. The van der Waals surface area contributed by atoms with Crippen molar-refractivity contribution < 1.29 is 4.92 Å². The maximum atomic E-state index is 10.9. The van der Waals surface area contributed by atoms with Crippen LogP contribution in [0.15, 0.2) is 36.4 Å². The largest absolute Gasteiger partial charge is 0.375 e. The first-order chi connectivity index (χ1) is 9.45. The Bertz CT molecular complexity index is 642. The number of nitro groups is 1. The number of hydrogen-bond donors (Lipinski definition) is 1. The van der Waals surface area contributed by atoms with Crippen molar-refractivity contribution in [2.75, 3.05) is 5.32 Å². The van der Waals surface area contributed by atoms with Crippen molar-refractivity contribution in [2.45, 2.75) is 6.54 Å². The summed E-state index contributed by atoms with van der Waals surface area (Å²) >= 11 is 17.6. The van der Waals surface area contributed by atoms with Crippen LogP contribution in [-0.2, 0) is 6.54 Å². The monoisotopic (exact) mass is 330 g/mol. The van der Waals surface area contributed by atoms with Gasteiger partial charge in [-0.05, 0) is 35.9 Å². The lowest BCUT2D eigenvalue weighted by molar-refractivity contribution is -0.384. The van der Waals surface area contributed by atoms with E-state index in [-0.39, 0.29) is 5.69 Å². The van der Waals surface area contributed by atoms with Crippen LogP contribution in [-0.4, -0.2) is 4.92 Å². The Labute approximate surface area is 130 Å². The number of nitrogens with zero attached hydrogens (tertiary/aromatic N) is 1. The second-order valence-electron chi connectivity index (χ2n) is 4.05. The van der Waals surface area contributed by atoms with Crippen LogP contribution in [0, 0.1) is 10.1 Å². The molecule has 7 heteroatoms. The molecule has 0 atom stereocenters. The Morgan fingerprint density at radius 1 is 1.00 bits per heavy atom. The molecule has 1 N–H and O–H groups in total. The highest BCUT2D eigenvalue weighted by Crippen LogP contribution is 2.28. The summed E-state index contributed by atoms with van der Waals surface area (Å²) in [7, 11) is 0. The van der Waals surface area contributed by atoms with Gasteiger partial charge in [-0.2, -0.15) is 0 Å². The van der Waals surface area contributed by atoms with E-state index in [2.05, 4.69) is 5.32 Å². The number of rotatable bonds is 4. The standard InChI is InChI=1S/C13H9Cl3N2O2/c14-9-1-2-13(18(19)20)12(6-9)17-7-8-3-10(15)5-11(16)4-8/h1-6,17H,7H2. The van der Waals surface area contributed by atoms with E-state index in [0.29, 0.717) is 27.3 Å². The Morgan fingerprint density at radius 2 is 1.65 bits per heavy atom. The molecule has 0 aliphatic rings.